The van der Waals surface area contributed by atoms with E-state index in [9.17, 15) is 0 Å². The van der Waals surface area contributed by atoms with Crippen molar-refractivity contribution in [3.05, 3.63) is 0 Å². The van der Waals surface area contributed by atoms with Crippen molar-refractivity contribution in [2.45, 2.75) is 64.0 Å². The van der Waals surface area contributed by atoms with Gasteiger partial charge in [0, 0.05) is 25.2 Å². The SMILES string of the molecule is CC1CCC(C(CN)N2CC3CCC2C3)CC1. The van der Waals surface area contributed by atoms with Crippen LogP contribution in [-0.2, 0) is 0 Å². The van der Waals surface area contributed by atoms with Crippen LogP contribution in [0, 0.1) is 17.8 Å². The van der Waals surface area contributed by atoms with Gasteiger partial charge in [-0.05, 0) is 49.9 Å². The van der Waals surface area contributed by atoms with E-state index in [1.54, 1.807) is 0 Å². The van der Waals surface area contributed by atoms with E-state index in [1.807, 2.05) is 0 Å². The van der Waals surface area contributed by atoms with Gasteiger partial charge in [-0.2, -0.15) is 0 Å². The van der Waals surface area contributed by atoms with Gasteiger partial charge in [0.25, 0.3) is 0 Å². The van der Waals surface area contributed by atoms with Gasteiger partial charge in [0.1, 0.15) is 0 Å². The summed E-state index contributed by atoms with van der Waals surface area (Å²) in [5.41, 5.74) is 6.11. The van der Waals surface area contributed by atoms with Crippen LogP contribution in [0.2, 0.25) is 0 Å². The Morgan fingerprint density at radius 2 is 1.88 bits per heavy atom. The van der Waals surface area contributed by atoms with Gasteiger partial charge in [-0.15, -0.1) is 0 Å². The predicted octanol–water partition coefficient (Wildman–Crippen LogP) is 2.62. The van der Waals surface area contributed by atoms with Crippen LogP contribution in [0.15, 0.2) is 0 Å². The van der Waals surface area contributed by atoms with Crippen molar-refractivity contribution >= 4 is 0 Å². The normalized spacial score (nSPS) is 44.1. The molecule has 3 aliphatic rings. The second-order valence-electron chi connectivity index (χ2n) is 6.85. The van der Waals surface area contributed by atoms with Crippen LogP contribution >= 0.6 is 0 Å². The summed E-state index contributed by atoms with van der Waals surface area (Å²) in [5, 5.41) is 0. The molecule has 0 aromatic carbocycles. The van der Waals surface area contributed by atoms with E-state index in [2.05, 4.69) is 11.8 Å². The summed E-state index contributed by atoms with van der Waals surface area (Å²) in [4.78, 5) is 2.80. The first-order valence-electron chi connectivity index (χ1n) is 7.73. The molecule has 0 aromatic rings. The third kappa shape index (κ3) is 2.26. The highest BCUT2D eigenvalue weighted by Crippen LogP contribution is 2.41. The summed E-state index contributed by atoms with van der Waals surface area (Å²) in [6, 6.07) is 1.60. The number of hydrogen-bond acceptors (Lipinski definition) is 2. The molecule has 0 radical (unpaired) electrons. The van der Waals surface area contributed by atoms with Crippen molar-refractivity contribution in [3.63, 3.8) is 0 Å². The fraction of sp³-hybridized carbons (Fsp3) is 1.00. The number of nitrogens with zero attached hydrogens (tertiary/aromatic N) is 1. The molecule has 3 fully saturated rings. The zero-order valence-electron chi connectivity index (χ0n) is 11.3. The number of rotatable bonds is 3. The van der Waals surface area contributed by atoms with E-state index in [1.165, 1.54) is 51.5 Å². The lowest BCUT2D eigenvalue weighted by Crippen LogP contribution is -2.49. The number of hydrogen-bond donors (Lipinski definition) is 1. The number of fused-ring (bicyclic) bond motifs is 2. The van der Waals surface area contributed by atoms with Crippen LogP contribution in [-0.4, -0.2) is 30.1 Å². The molecule has 2 heteroatoms. The highest BCUT2D eigenvalue weighted by molar-refractivity contribution is 4.97. The number of likely N-dealkylation sites (tertiary alicyclic amines) is 1. The van der Waals surface area contributed by atoms with Crippen molar-refractivity contribution in [1.82, 2.24) is 4.90 Å². The summed E-state index contributed by atoms with van der Waals surface area (Å²) >= 11 is 0. The maximum Gasteiger partial charge on any atom is 0.0249 e. The molecule has 1 heterocycles. The zero-order valence-corrected chi connectivity index (χ0v) is 11.3. The molecule has 1 saturated heterocycles. The summed E-state index contributed by atoms with van der Waals surface area (Å²) < 4.78 is 0. The fourth-order valence-electron chi connectivity index (χ4n) is 4.64. The van der Waals surface area contributed by atoms with Crippen LogP contribution in [0.1, 0.15) is 51.9 Å². The largest absolute Gasteiger partial charge is 0.329 e. The number of piperidine rings is 1. The van der Waals surface area contributed by atoms with E-state index >= 15 is 0 Å². The van der Waals surface area contributed by atoms with E-state index in [-0.39, 0.29) is 0 Å². The maximum atomic E-state index is 6.11. The number of nitrogens with two attached hydrogens (primary N) is 1. The van der Waals surface area contributed by atoms with Gasteiger partial charge in [0.05, 0.1) is 0 Å². The predicted molar refractivity (Wildman–Crippen MR) is 71.8 cm³/mol. The molecule has 2 saturated carbocycles. The van der Waals surface area contributed by atoms with Crippen LogP contribution in [0.4, 0.5) is 0 Å². The monoisotopic (exact) mass is 236 g/mol. The molecule has 3 unspecified atom stereocenters. The molecule has 3 rings (SSSR count). The summed E-state index contributed by atoms with van der Waals surface area (Å²) in [6.07, 6.45) is 10.1. The van der Waals surface area contributed by atoms with Gasteiger partial charge in [0.15, 0.2) is 0 Å². The highest BCUT2D eigenvalue weighted by atomic mass is 15.2. The molecule has 2 bridgehead atoms. The standard InChI is InChI=1S/C15H28N2/c1-11-2-5-13(6-3-11)15(9-16)17-10-12-4-7-14(17)8-12/h11-15H,2-10,16H2,1H3. The molecule has 0 amide bonds. The van der Waals surface area contributed by atoms with Gasteiger partial charge < -0.3 is 5.73 Å². The molecule has 2 nitrogen and oxygen atoms in total. The highest BCUT2D eigenvalue weighted by Gasteiger charge is 2.42. The lowest BCUT2D eigenvalue weighted by molar-refractivity contribution is 0.0838. The Kier molecular flexibility index (Phi) is 3.45. The van der Waals surface area contributed by atoms with E-state index < -0.39 is 0 Å². The van der Waals surface area contributed by atoms with E-state index in [4.69, 9.17) is 5.73 Å². The van der Waals surface area contributed by atoms with Crippen LogP contribution < -0.4 is 5.73 Å². The molecule has 17 heavy (non-hydrogen) atoms. The van der Waals surface area contributed by atoms with Crippen LogP contribution in [0.5, 0.6) is 0 Å². The van der Waals surface area contributed by atoms with Gasteiger partial charge in [-0.3, -0.25) is 4.90 Å². The Morgan fingerprint density at radius 1 is 1.12 bits per heavy atom. The second kappa shape index (κ2) is 4.89. The summed E-state index contributed by atoms with van der Waals surface area (Å²) in [7, 11) is 0. The Balaban J connectivity index is 1.63. The fourth-order valence-corrected chi connectivity index (χ4v) is 4.64. The topological polar surface area (TPSA) is 29.3 Å². The molecule has 1 aliphatic heterocycles. The first-order chi connectivity index (χ1) is 8.28. The van der Waals surface area contributed by atoms with Gasteiger partial charge in [0.2, 0.25) is 0 Å². The van der Waals surface area contributed by atoms with Crippen molar-refractivity contribution in [2.24, 2.45) is 23.5 Å². The second-order valence-corrected chi connectivity index (χ2v) is 6.85. The van der Waals surface area contributed by atoms with Gasteiger partial charge >= 0.3 is 0 Å². The molecular weight excluding hydrogens is 208 g/mol. The minimum atomic E-state index is 0.706. The van der Waals surface area contributed by atoms with Crippen molar-refractivity contribution in [3.8, 4) is 0 Å². The molecule has 0 aromatic heterocycles. The third-order valence-electron chi connectivity index (χ3n) is 5.72. The molecule has 0 spiro atoms. The molecule has 3 atom stereocenters. The lowest BCUT2D eigenvalue weighted by Gasteiger charge is -2.41. The first kappa shape index (κ1) is 12.0. The van der Waals surface area contributed by atoms with Crippen molar-refractivity contribution < 1.29 is 0 Å². The first-order valence-corrected chi connectivity index (χ1v) is 7.73. The molecular formula is C15H28N2. The molecule has 2 N–H and O–H groups in total. The quantitative estimate of drug-likeness (QED) is 0.816. The lowest BCUT2D eigenvalue weighted by atomic mass is 9.78. The maximum absolute atomic E-state index is 6.11. The van der Waals surface area contributed by atoms with Crippen LogP contribution in [0.25, 0.3) is 0 Å². The molecule has 2 aliphatic carbocycles. The molecule has 98 valence electrons. The van der Waals surface area contributed by atoms with Crippen molar-refractivity contribution in [1.29, 1.82) is 0 Å². The Morgan fingerprint density at radius 3 is 2.41 bits per heavy atom. The minimum absolute atomic E-state index is 0.706. The average molecular weight is 236 g/mol. The van der Waals surface area contributed by atoms with Crippen LogP contribution in [0.3, 0.4) is 0 Å². The summed E-state index contributed by atoms with van der Waals surface area (Å²) in [5.74, 6) is 2.87. The van der Waals surface area contributed by atoms with Gasteiger partial charge in [-0.25, -0.2) is 0 Å². The van der Waals surface area contributed by atoms with E-state index in [0.29, 0.717) is 6.04 Å². The Bertz CT molecular complexity index is 258. The van der Waals surface area contributed by atoms with Crippen molar-refractivity contribution in [2.75, 3.05) is 13.1 Å². The minimum Gasteiger partial charge on any atom is -0.329 e. The Labute approximate surface area is 106 Å². The zero-order chi connectivity index (χ0) is 11.8. The smallest absolute Gasteiger partial charge is 0.0249 e. The summed E-state index contributed by atoms with van der Waals surface area (Å²) in [6.45, 7) is 4.66. The van der Waals surface area contributed by atoms with E-state index in [0.717, 1.165) is 30.3 Å². The average Bonchev–Trinajstić information content (AvgIpc) is 2.95. The van der Waals surface area contributed by atoms with Gasteiger partial charge in [-0.1, -0.05) is 19.8 Å². The Hall–Kier alpha value is -0.0800. The third-order valence-corrected chi connectivity index (χ3v) is 5.72.